The number of rotatable bonds is 2. The van der Waals surface area contributed by atoms with Gasteiger partial charge >= 0.3 is 5.97 Å². The van der Waals surface area contributed by atoms with Crippen LogP contribution in [-0.4, -0.2) is 20.9 Å². The molecule has 2 rings (SSSR count). The molecule has 0 aliphatic carbocycles. The fourth-order valence-corrected chi connectivity index (χ4v) is 1.89. The number of hydrogen-bond acceptors (Lipinski definition) is 3. The number of hydrogen-bond donors (Lipinski definition) is 1. The molecule has 0 radical (unpaired) electrons. The lowest BCUT2D eigenvalue weighted by atomic mass is 9.91. The zero-order valence-electron chi connectivity index (χ0n) is 11.6. The smallest absolute Gasteiger partial charge is 0.356 e. The van der Waals surface area contributed by atoms with Crippen molar-refractivity contribution in [3.63, 3.8) is 0 Å². The molecule has 0 spiro atoms. The van der Waals surface area contributed by atoms with Crippen LogP contribution in [0.1, 0.15) is 42.5 Å². The molecule has 0 aliphatic rings. The summed E-state index contributed by atoms with van der Waals surface area (Å²) in [6, 6.07) is 10.5. The number of nitriles is 1. The highest BCUT2D eigenvalue weighted by Gasteiger charge is 2.23. The van der Waals surface area contributed by atoms with Gasteiger partial charge in [0.1, 0.15) is 0 Å². The van der Waals surface area contributed by atoms with E-state index < -0.39 is 5.97 Å². The van der Waals surface area contributed by atoms with Crippen LogP contribution in [-0.2, 0) is 5.41 Å². The lowest BCUT2D eigenvalue weighted by Gasteiger charge is -2.20. The minimum absolute atomic E-state index is 0.0132. The predicted molar refractivity (Wildman–Crippen MR) is 73.9 cm³/mol. The molecule has 0 atom stereocenters. The Hall–Kier alpha value is -2.61. The average molecular weight is 269 g/mol. The first-order valence-electron chi connectivity index (χ1n) is 6.17. The molecule has 0 saturated heterocycles. The molecule has 0 aliphatic heterocycles. The predicted octanol–water partition coefficient (Wildman–Crippen LogP) is 2.74. The molecular formula is C15H15N3O2. The highest BCUT2D eigenvalue weighted by atomic mass is 16.4. The molecule has 0 amide bonds. The molecule has 0 saturated carbocycles. The lowest BCUT2D eigenvalue weighted by molar-refractivity contribution is 0.0690. The Morgan fingerprint density at radius 1 is 1.30 bits per heavy atom. The number of carboxylic acids is 1. The van der Waals surface area contributed by atoms with Gasteiger partial charge in [0.15, 0.2) is 5.69 Å². The van der Waals surface area contributed by atoms with Gasteiger partial charge in [-0.3, -0.25) is 0 Å². The SMILES string of the molecule is CC(C)(C)c1cc(C(=O)O)nn1-c1ccc(C#N)cc1. The second-order valence-electron chi connectivity index (χ2n) is 5.54. The maximum Gasteiger partial charge on any atom is 0.356 e. The number of nitrogens with zero attached hydrogens (tertiary/aromatic N) is 3. The monoisotopic (exact) mass is 269 g/mol. The zero-order chi connectivity index (χ0) is 14.9. The molecule has 20 heavy (non-hydrogen) atoms. The molecule has 1 N–H and O–H groups in total. The molecule has 0 fully saturated rings. The van der Waals surface area contributed by atoms with E-state index in [0.717, 1.165) is 11.4 Å². The third-order valence-electron chi connectivity index (χ3n) is 2.94. The van der Waals surface area contributed by atoms with Crippen LogP contribution in [0.25, 0.3) is 5.69 Å². The fraction of sp³-hybridized carbons (Fsp3) is 0.267. The summed E-state index contributed by atoms with van der Waals surface area (Å²) in [6.07, 6.45) is 0. The van der Waals surface area contributed by atoms with E-state index in [1.54, 1.807) is 35.0 Å². The Kier molecular flexibility index (Phi) is 3.33. The van der Waals surface area contributed by atoms with Crippen LogP contribution in [0, 0.1) is 11.3 Å². The van der Waals surface area contributed by atoms with Crippen LogP contribution in [0.2, 0.25) is 0 Å². The van der Waals surface area contributed by atoms with Gasteiger partial charge in [-0.2, -0.15) is 10.4 Å². The van der Waals surface area contributed by atoms with E-state index in [1.165, 1.54) is 0 Å². The standard InChI is InChI=1S/C15H15N3O2/c1-15(2,3)13-8-12(14(19)20)17-18(13)11-6-4-10(9-16)5-7-11/h4-8H,1-3H3,(H,19,20). The maximum absolute atomic E-state index is 11.1. The number of aromatic nitrogens is 2. The van der Waals surface area contributed by atoms with Crippen molar-refractivity contribution in [2.45, 2.75) is 26.2 Å². The molecule has 1 aromatic carbocycles. The summed E-state index contributed by atoms with van der Waals surface area (Å²) < 4.78 is 1.62. The summed E-state index contributed by atoms with van der Waals surface area (Å²) in [5, 5.41) is 22.0. The summed E-state index contributed by atoms with van der Waals surface area (Å²) in [6.45, 7) is 5.99. The number of carboxylic acid groups (broad SMARTS) is 1. The molecule has 0 unspecified atom stereocenters. The lowest BCUT2D eigenvalue weighted by Crippen LogP contribution is -2.17. The van der Waals surface area contributed by atoms with E-state index in [0.29, 0.717) is 5.56 Å². The van der Waals surface area contributed by atoms with E-state index in [1.807, 2.05) is 20.8 Å². The van der Waals surface area contributed by atoms with E-state index in [9.17, 15) is 4.79 Å². The van der Waals surface area contributed by atoms with Crippen molar-refractivity contribution in [1.82, 2.24) is 9.78 Å². The van der Waals surface area contributed by atoms with E-state index >= 15 is 0 Å². The molecule has 0 bridgehead atoms. The summed E-state index contributed by atoms with van der Waals surface area (Å²) in [5.74, 6) is -1.05. The van der Waals surface area contributed by atoms with Gasteiger partial charge < -0.3 is 5.11 Å². The summed E-state index contributed by atoms with van der Waals surface area (Å²) >= 11 is 0. The fourth-order valence-electron chi connectivity index (χ4n) is 1.89. The topological polar surface area (TPSA) is 78.9 Å². The van der Waals surface area contributed by atoms with Crippen molar-refractivity contribution < 1.29 is 9.90 Å². The third kappa shape index (κ3) is 2.54. The van der Waals surface area contributed by atoms with Crippen LogP contribution in [0.5, 0.6) is 0 Å². The van der Waals surface area contributed by atoms with Crippen molar-refractivity contribution in [1.29, 1.82) is 5.26 Å². The first-order valence-corrected chi connectivity index (χ1v) is 6.17. The second-order valence-corrected chi connectivity index (χ2v) is 5.54. The van der Waals surface area contributed by atoms with E-state index in [2.05, 4.69) is 11.2 Å². The Morgan fingerprint density at radius 2 is 1.90 bits per heavy atom. The first-order chi connectivity index (χ1) is 9.32. The Labute approximate surface area is 117 Å². The summed E-state index contributed by atoms with van der Waals surface area (Å²) in [7, 11) is 0. The average Bonchev–Trinajstić information content (AvgIpc) is 2.84. The Balaban J connectivity index is 2.59. The zero-order valence-corrected chi connectivity index (χ0v) is 11.6. The van der Waals surface area contributed by atoms with Crippen molar-refractivity contribution in [3.05, 3.63) is 47.3 Å². The molecule has 1 heterocycles. The molecule has 5 heteroatoms. The number of aromatic carboxylic acids is 1. The second kappa shape index (κ2) is 4.82. The largest absolute Gasteiger partial charge is 0.476 e. The molecule has 5 nitrogen and oxygen atoms in total. The Morgan fingerprint density at radius 3 is 2.35 bits per heavy atom. The maximum atomic E-state index is 11.1. The van der Waals surface area contributed by atoms with Gasteiger partial charge in [-0.1, -0.05) is 20.8 Å². The minimum atomic E-state index is -1.05. The van der Waals surface area contributed by atoms with Crippen LogP contribution in [0.15, 0.2) is 30.3 Å². The van der Waals surface area contributed by atoms with Crippen molar-refractivity contribution in [2.24, 2.45) is 0 Å². The van der Waals surface area contributed by atoms with Crippen molar-refractivity contribution in [3.8, 4) is 11.8 Å². The quantitative estimate of drug-likeness (QED) is 0.909. The molecule has 2 aromatic rings. The number of benzene rings is 1. The normalized spacial score (nSPS) is 11.1. The van der Waals surface area contributed by atoms with Crippen LogP contribution < -0.4 is 0 Å². The van der Waals surface area contributed by atoms with Gasteiger partial charge in [-0.25, -0.2) is 9.48 Å². The van der Waals surface area contributed by atoms with Gasteiger partial charge in [0.2, 0.25) is 0 Å². The van der Waals surface area contributed by atoms with E-state index in [-0.39, 0.29) is 11.1 Å². The van der Waals surface area contributed by atoms with Crippen molar-refractivity contribution in [2.75, 3.05) is 0 Å². The van der Waals surface area contributed by atoms with Gasteiger partial charge in [0.25, 0.3) is 0 Å². The van der Waals surface area contributed by atoms with Crippen LogP contribution in [0.4, 0.5) is 0 Å². The third-order valence-corrected chi connectivity index (χ3v) is 2.94. The summed E-state index contributed by atoms with van der Waals surface area (Å²) in [5.41, 5.74) is 1.87. The number of carbonyl (C=O) groups is 1. The first kappa shape index (κ1) is 13.8. The van der Waals surface area contributed by atoms with Gasteiger partial charge in [0.05, 0.1) is 23.0 Å². The minimum Gasteiger partial charge on any atom is -0.476 e. The van der Waals surface area contributed by atoms with Gasteiger partial charge in [-0.05, 0) is 30.3 Å². The molecule has 1 aromatic heterocycles. The molecular weight excluding hydrogens is 254 g/mol. The van der Waals surface area contributed by atoms with Crippen LogP contribution >= 0.6 is 0 Å². The highest BCUT2D eigenvalue weighted by Crippen LogP contribution is 2.26. The Bertz CT molecular complexity index is 685. The summed E-state index contributed by atoms with van der Waals surface area (Å²) in [4.78, 5) is 11.1. The van der Waals surface area contributed by atoms with Crippen LogP contribution in [0.3, 0.4) is 0 Å². The highest BCUT2D eigenvalue weighted by molar-refractivity contribution is 5.85. The van der Waals surface area contributed by atoms with Gasteiger partial charge in [-0.15, -0.1) is 0 Å². The van der Waals surface area contributed by atoms with Crippen molar-refractivity contribution >= 4 is 5.97 Å². The van der Waals surface area contributed by atoms with Gasteiger partial charge in [0, 0.05) is 5.41 Å². The van der Waals surface area contributed by atoms with E-state index in [4.69, 9.17) is 10.4 Å². The molecule has 102 valence electrons.